The molecule has 0 radical (unpaired) electrons. The van der Waals surface area contributed by atoms with E-state index in [-0.39, 0.29) is 6.10 Å². The Hall–Kier alpha value is -0.340. The molecule has 1 heterocycles. The number of hydrogen-bond donors (Lipinski definition) is 1. The van der Waals surface area contributed by atoms with E-state index in [1.807, 2.05) is 18.2 Å². The molecule has 0 N–H and O–H groups in total. The Morgan fingerprint density at radius 1 is 1.58 bits per heavy atom. The van der Waals surface area contributed by atoms with Gasteiger partial charge in [-0.1, -0.05) is 11.6 Å². The Bertz CT molecular complexity index is 301. The fourth-order valence-electron chi connectivity index (χ4n) is 1.39. The molecule has 0 aromatic heterocycles. The van der Waals surface area contributed by atoms with Crippen molar-refractivity contribution in [2.45, 2.75) is 12.5 Å². The molecule has 0 amide bonds. The van der Waals surface area contributed by atoms with Crippen LogP contribution >= 0.6 is 24.2 Å². The average molecular weight is 201 g/mol. The highest BCUT2D eigenvalue weighted by molar-refractivity contribution is 7.80. The van der Waals surface area contributed by atoms with E-state index in [2.05, 4.69) is 12.6 Å². The summed E-state index contributed by atoms with van der Waals surface area (Å²) >= 11 is 10.0. The zero-order chi connectivity index (χ0) is 8.55. The molecular formula is C9H9ClOS. The summed E-state index contributed by atoms with van der Waals surface area (Å²) in [5, 5.41) is 0.775. The predicted molar refractivity (Wildman–Crippen MR) is 53.4 cm³/mol. The van der Waals surface area contributed by atoms with Crippen molar-refractivity contribution in [1.29, 1.82) is 0 Å². The molecular weight excluding hydrogens is 192 g/mol. The molecule has 1 aliphatic rings. The van der Waals surface area contributed by atoms with Crippen molar-refractivity contribution >= 4 is 24.2 Å². The first-order valence-electron chi connectivity index (χ1n) is 3.85. The van der Waals surface area contributed by atoms with Crippen LogP contribution in [0.4, 0.5) is 0 Å². The molecule has 1 aromatic rings. The van der Waals surface area contributed by atoms with E-state index in [1.54, 1.807) is 0 Å². The summed E-state index contributed by atoms with van der Waals surface area (Å²) in [6.45, 7) is 0. The second kappa shape index (κ2) is 3.19. The molecule has 0 spiro atoms. The van der Waals surface area contributed by atoms with Gasteiger partial charge >= 0.3 is 0 Å². The number of rotatable bonds is 1. The van der Waals surface area contributed by atoms with Crippen LogP contribution in [0.15, 0.2) is 18.2 Å². The Morgan fingerprint density at radius 3 is 3.17 bits per heavy atom. The molecule has 1 nitrogen and oxygen atoms in total. The van der Waals surface area contributed by atoms with Gasteiger partial charge in [-0.15, -0.1) is 0 Å². The molecule has 2 rings (SSSR count). The van der Waals surface area contributed by atoms with Gasteiger partial charge in [0.2, 0.25) is 0 Å². The summed E-state index contributed by atoms with van der Waals surface area (Å²) in [5.41, 5.74) is 1.20. The van der Waals surface area contributed by atoms with Gasteiger partial charge in [0.15, 0.2) is 0 Å². The van der Waals surface area contributed by atoms with E-state index in [1.165, 1.54) is 5.56 Å². The third-order valence-electron chi connectivity index (χ3n) is 1.97. The molecule has 12 heavy (non-hydrogen) atoms. The minimum atomic E-state index is 0.224. The Balaban J connectivity index is 2.30. The molecule has 1 atom stereocenters. The topological polar surface area (TPSA) is 9.23 Å². The van der Waals surface area contributed by atoms with Crippen molar-refractivity contribution in [2.75, 3.05) is 5.75 Å². The maximum absolute atomic E-state index is 5.84. The van der Waals surface area contributed by atoms with Crippen LogP contribution < -0.4 is 4.74 Å². The number of halogens is 1. The van der Waals surface area contributed by atoms with Crippen LogP contribution in [0.5, 0.6) is 5.75 Å². The van der Waals surface area contributed by atoms with Gasteiger partial charge in [0.1, 0.15) is 11.9 Å². The first kappa shape index (κ1) is 8.27. The number of hydrogen-bond acceptors (Lipinski definition) is 2. The monoisotopic (exact) mass is 200 g/mol. The van der Waals surface area contributed by atoms with Gasteiger partial charge in [-0.05, 0) is 23.8 Å². The third-order valence-corrected chi connectivity index (χ3v) is 2.61. The van der Waals surface area contributed by atoms with Crippen molar-refractivity contribution < 1.29 is 4.74 Å². The van der Waals surface area contributed by atoms with Gasteiger partial charge < -0.3 is 4.74 Å². The van der Waals surface area contributed by atoms with E-state index in [9.17, 15) is 0 Å². The van der Waals surface area contributed by atoms with Crippen LogP contribution in [-0.4, -0.2) is 11.9 Å². The smallest absolute Gasteiger partial charge is 0.123 e. The van der Waals surface area contributed by atoms with Gasteiger partial charge in [-0.25, -0.2) is 0 Å². The maximum Gasteiger partial charge on any atom is 0.123 e. The summed E-state index contributed by atoms with van der Waals surface area (Å²) < 4.78 is 5.58. The number of fused-ring (bicyclic) bond motifs is 1. The van der Waals surface area contributed by atoms with Crippen molar-refractivity contribution in [3.8, 4) is 5.75 Å². The van der Waals surface area contributed by atoms with E-state index in [0.717, 1.165) is 22.9 Å². The van der Waals surface area contributed by atoms with Gasteiger partial charge in [-0.3, -0.25) is 0 Å². The Labute approximate surface area is 82.1 Å². The lowest BCUT2D eigenvalue weighted by Crippen LogP contribution is -2.13. The lowest BCUT2D eigenvalue weighted by Gasteiger charge is -2.04. The first-order chi connectivity index (χ1) is 5.79. The summed E-state index contributed by atoms with van der Waals surface area (Å²) in [5.74, 6) is 1.71. The fraction of sp³-hybridized carbons (Fsp3) is 0.333. The number of thiol groups is 1. The summed E-state index contributed by atoms with van der Waals surface area (Å²) in [6.07, 6.45) is 1.15. The SMILES string of the molecule is SCC1Cc2cc(Cl)ccc2O1. The quantitative estimate of drug-likeness (QED) is 0.686. The highest BCUT2D eigenvalue weighted by Gasteiger charge is 2.21. The maximum atomic E-state index is 5.84. The van der Waals surface area contributed by atoms with E-state index >= 15 is 0 Å². The second-order valence-electron chi connectivity index (χ2n) is 2.88. The van der Waals surface area contributed by atoms with Crippen LogP contribution in [0.3, 0.4) is 0 Å². The van der Waals surface area contributed by atoms with Gasteiger partial charge in [0.05, 0.1) is 0 Å². The minimum absolute atomic E-state index is 0.224. The van der Waals surface area contributed by atoms with E-state index in [4.69, 9.17) is 16.3 Å². The molecule has 0 aliphatic carbocycles. The van der Waals surface area contributed by atoms with E-state index < -0.39 is 0 Å². The Morgan fingerprint density at radius 2 is 2.42 bits per heavy atom. The van der Waals surface area contributed by atoms with Crippen LogP contribution in [-0.2, 0) is 6.42 Å². The second-order valence-corrected chi connectivity index (χ2v) is 3.68. The van der Waals surface area contributed by atoms with Crippen molar-refractivity contribution in [3.63, 3.8) is 0 Å². The van der Waals surface area contributed by atoms with Crippen LogP contribution in [0.2, 0.25) is 5.02 Å². The first-order valence-corrected chi connectivity index (χ1v) is 4.86. The van der Waals surface area contributed by atoms with Crippen molar-refractivity contribution in [2.24, 2.45) is 0 Å². The molecule has 1 aliphatic heterocycles. The summed E-state index contributed by atoms with van der Waals surface area (Å²) in [4.78, 5) is 0. The predicted octanol–water partition coefficient (Wildman–Crippen LogP) is 2.57. The molecule has 1 unspecified atom stereocenters. The number of benzene rings is 1. The molecule has 1 aromatic carbocycles. The number of ether oxygens (including phenoxy) is 1. The molecule has 0 saturated heterocycles. The molecule has 3 heteroatoms. The van der Waals surface area contributed by atoms with Gasteiger partial charge in [0, 0.05) is 17.2 Å². The Kier molecular flexibility index (Phi) is 2.20. The molecule has 64 valence electrons. The molecule has 0 bridgehead atoms. The normalized spacial score (nSPS) is 20.3. The largest absolute Gasteiger partial charge is 0.489 e. The summed E-state index contributed by atoms with van der Waals surface area (Å²) in [6, 6.07) is 5.72. The lowest BCUT2D eigenvalue weighted by molar-refractivity contribution is 0.260. The lowest BCUT2D eigenvalue weighted by atomic mass is 10.1. The molecule has 0 saturated carbocycles. The van der Waals surface area contributed by atoms with Crippen LogP contribution in [0.1, 0.15) is 5.56 Å². The van der Waals surface area contributed by atoms with Crippen molar-refractivity contribution in [3.05, 3.63) is 28.8 Å². The van der Waals surface area contributed by atoms with Gasteiger partial charge in [0.25, 0.3) is 0 Å². The zero-order valence-electron chi connectivity index (χ0n) is 6.46. The van der Waals surface area contributed by atoms with Crippen molar-refractivity contribution in [1.82, 2.24) is 0 Å². The standard InChI is InChI=1S/C9H9ClOS/c10-7-1-2-9-6(3-7)4-8(5-12)11-9/h1-3,8,12H,4-5H2. The molecule has 0 fully saturated rings. The highest BCUT2D eigenvalue weighted by Crippen LogP contribution is 2.31. The third kappa shape index (κ3) is 1.41. The van der Waals surface area contributed by atoms with Crippen LogP contribution in [0, 0.1) is 0 Å². The summed E-state index contributed by atoms with van der Waals surface area (Å²) in [7, 11) is 0. The zero-order valence-corrected chi connectivity index (χ0v) is 8.11. The fourth-order valence-corrected chi connectivity index (χ4v) is 1.79. The minimum Gasteiger partial charge on any atom is -0.489 e. The van der Waals surface area contributed by atoms with Crippen LogP contribution in [0.25, 0.3) is 0 Å². The van der Waals surface area contributed by atoms with E-state index in [0.29, 0.717) is 0 Å². The highest BCUT2D eigenvalue weighted by atomic mass is 35.5. The van der Waals surface area contributed by atoms with Gasteiger partial charge in [-0.2, -0.15) is 12.6 Å². The average Bonchev–Trinajstić information content (AvgIpc) is 2.46.